The standard InChI is InChI=1S/C40H44Br2O4S4/c1-3-5-7-9-11-13-15-25-17-19-29(41)33(21-25)49-35-27-23-32-28(24-31(27)47-37(35)39(43)44)36(38(48-32)40(45)46)50-34-22-26(18-20-30(34)42)16-14-12-10-8-6-4-2/h17-24H,3-16H2,1-2H3,(H,43,44)(H,45,46). The normalized spacial score (nSPS) is 11.6. The van der Waals surface area contributed by atoms with Gasteiger partial charge in [-0.2, -0.15) is 0 Å². The predicted octanol–water partition coefficient (Wildman–Crippen LogP) is 15.1. The lowest BCUT2D eigenvalue weighted by molar-refractivity contribution is 0.0688. The van der Waals surface area contributed by atoms with Gasteiger partial charge in [0, 0.05) is 48.7 Å². The van der Waals surface area contributed by atoms with Crippen LogP contribution in [-0.4, -0.2) is 22.2 Å². The van der Waals surface area contributed by atoms with E-state index in [0.29, 0.717) is 19.5 Å². The zero-order chi connectivity index (χ0) is 35.6. The van der Waals surface area contributed by atoms with Crippen molar-refractivity contribution in [3.8, 4) is 0 Å². The summed E-state index contributed by atoms with van der Waals surface area (Å²) in [5.41, 5.74) is 2.50. The van der Waals surface area contributed by atoms with Gasteiger partial charge in [-0.25, -0.2) is 9.59 Å². The highest BCUT2D eigenvalue weighted by atomic mass is 79.9. The number of aryl methyl sites for hydroxylation is 2. The van der Waals surface area contributed by atoms with Gasteiger partial charge in [0.05, 0.1) is 0 Å². The summed E-state index contributed by atoms with van der Waals surface area (Å²) in [7, 11) is 0. The van der Waals surface area contributed by atoms with Crippen molar-refractivity contribution >= 4 is 110 Å². The van der Waals surface area contributed by atoms with Gasteiger partial charge in [-0.3, -0.25) is 0 Å². The minimum absolute atomic E-state index is 0.300. The van der Waals surface area contributed by atoms with E-state index in [4.69, 9.17) is 0 Å². The lowest BCUT2D eigenvalue weighted by atomic mass is 10.1. The summed E-state index contributed by atoms with van der Waals surface area (Å²) in [6.45, 7) is 4.47. The molecule has 4 nitrogen and oxygen atoms in total. The van der Waals surface area contributed by atoms with E-state index in [2.05, 4.69) is 82.1 Å². The van der Waals surface area contributed by atoms with E-state index in [1.807, 2.05) is 12.1 Å². The van der Waals surface area contributed by atoms with Crippen LogP contribution in [-0.2, 0) is 12.8 Å². The molecule has 3 aromatic carbocycles. The maximum Gasteiger partial charge on any atom is 0.347 e. The summed E-state index contributed by atoms with van der Waals surface area (Å²) in [6, 6.07) is 16.8. The smallest absolute Gasteiger partial charge is 0.347 e. The Hall–Kier alpha value is -1.82. The number of carboxylic acids is 2. The molecule has 5 rings (SSSR count). The molecule has 2 heterocycles. The molecule has 10 heteroatoms. The molecule has 0 unspecified atom stereocenters. The van der Waals surface area contributed by atoms with Crippen LogP contribution in [0.2, 0.25) is 0 Å². The number of hydrogen-bond donors (Lipinski definition) is 2. The quantitative estimate of drug-likeness (QED) is 0.0759. The zero-order valence-electron chi connectivity index (χ0n) is 28.6. The van der Waals surface area contributed by atoms with Crippen molar-refractivity contribution in [2.24, 2.45) is 0 Å². The minimum Gasteiger partial charge on any atom is -0.477 e. The SMILES string of the molecule is CCCCCCCCc1ccc(Br)c(Sc2c(C(=O)O)sc3cc4c(Sc5cc(CCCCCCCC)ccc5Br)c(C(=O)O)sc4cc23)c1. The largest absolute Gasteiger partial charge is 0.477 e. The predicted molar refractivity (Wildman–Crippen MR) is 222 cm³/mol. The van der Waals surface area contributed by atoms with Crippen molar-refractivity contribution in [2.75, 3.05) is 0 Å². The molecule has 0 spiro atoms. The molecular formula is C40H44Br2O4S4. The fraction of sp³-hybridized carbons (Fsp3) is 0.400. The number of carboxylic acid groups (broad SMARTS) is 2. The molecule has 0 radical (unpaired) electrons. The molecule has 0 atom stereocenters. The van der Waals surface area contributed by atoms with Crippen LogP contribution in [0.3, 0.4) is 0 Å². The second kappa shape index (κ2) is 19.3. The van der Waals surface area contributed by atoms with Gasteiger partial charge >= 0.3 is 11.9 Å². The Bertz CT molecular complexity index is 1810. The van der Waals surface area contributed by atoms with Crippen LogP contribution in [0.15, 0.2) is 77.1 Å². The first-order valence-corrected chi connectivity index (χ1v) is 22.5. The topological polar surface area (TPSA) is 74.6 Å². The number of fused-ring (bicyclic) bond motifs is 2. The van der Waals surface area contributed by atoms with Gasteiger partial charge in [0.1, 0.15) is 9.75 Å². The van der Waals surface area contributed by atoms with Crippen molar-refractivity contribution in [3.63, 3.8) is 0 Å². The van der Waals surface area contributed by atoms with Gasteiger partial charge in [-0.1, -0.05) is 114 Å². The fourth-order valence-corrected chi connectivity index (χ4v) is 11.8. The number of unbranched alkanes of at least 4 members (excludes halogenated alkanes) is 10. The van der Waals surface area contributed by atoms with Crippen molar-refractivity contribution in [1.82, 2.24) is 0 Å². The first-order valence-electron chi connectivity index (χ1n) is 17.6. The summed E-state index contributed by atoms with van der Waals surface area (Å²) >= 11 is 12.9. The van der Waals surface area contributed by atoms with E-state index in [9.17, 15) is 19.8 Å². The molecule has 0 aliphatic rings. The summed E-state index contributed by atoms with van der Waals surface area (Å²) < 4.78 is 3.53. The fourth-order valence-electron chi connectivity index (χ4n) is 6.13. The summed E-state index contributed by atoms with van der Waals surface area (Å²) in [4.78, 5) is 29.1. The summed E-state index contributed by atoms with van der Waals surface area (Å²) in [5.74, 6) is -1.91. The van der Waals surface area contributed by atoms with Gasteiger partial charge in [0.25, 0.3) is 0 Å². The molecule has 0 aliphatic heterocycles. The Balaban J connectivity index is 1.44. The van der Waals surface area contributed by atoms with Crippen LogP contribution in [0.1, 0.15) is 121 Å². The second-order valence-corrected chi connectivity index (χ2v) is 18.7. The summed E-state index contributed by atoms with van der Waals surface area (Å²) in [5, 5.41) is 22.3. The first-order chi connectivity index (χ1) is 24.2. The van der Waals surface area contributed by atoms with Gasteiger partial charge in [0.15, 0.2) is 0 Å². The summed E-state index contributed by atoms with van der Waals surface area (Å²) in [6.07, 6.45) is 16.9. The maximum atomic E-state index is 12.6. The molecule has 2 aromatic heterocycles. The monoisotopic (exact) mass is 874 g/mol. The molecule has 0 saturated heterocycles. The maximum absolute atomic E-state index is 12.6. The number of hydrogen-bond acceptors (Lipinski definition) is 6. The molecule has 2 N–H and O–H groups in total. The Labute approximate surface area is 329 Å². The minimum atomic E-state index is -0.955. The zero-order valence-corrected chi connectivity index (χ0v) is 35.1. The molecule has 50 heavy (non-hydrogen) atoms. The molecular weight excluding hydrogens is 833 g/mol. The van der Waals surface area contributed by atoms with E-state index in [1.165, 1.54) is 122 Å². The molecule has 0 saturated carbocycles. The third-order valence-corrected chi connectivity index (χ3v) is 15.7. The van der Waals surface area contributed by atoms with Crippen molar-refractivity contribution in [2.45, 2.75) is 123 Å². The van der Waals surface area contributed by atoms with E-state index in [0.717, 1.165) is 64.6 Å². The number of thiophene rings is 2. The van der Waals surface area contributed by atoms with Gasteiger partial charge in [-0.05, 0) is 105 Å². The van der Waals surface area contributed by atoms with E-state index in [1.54, 1.807) is 0 Å². The lowest BCUT2D eigenvalue weighted by Crippen LogP contribution is -1.94. The Morgan fingerprint density at radius 1 is 0.580 bits per heavy atom. The molecule has 266 valence electrons. The van der Waals surface area contributed by atoms with Crippen LogP contribution in [0.25, 0.3) is 20.2 Å². The number of benzene rings is 3. The Kier molecular flexibility index (Phi) is 15.2. The average molecular weight is 877 g/mol. The van der Waals surface area contributed by atoms with Crippen molar-refractivity contribution < 1.29 is 19.8 Å². The van der Waals surface area contributed by atoms with E-state index >= 15 is 0 Å². The molecule has 0 bridgehead atoms. The second-order valence-electron chi connectivity index (χ2n) is 12.7. The van der Waals surface area contributed by atoms with Crippen LogP contribution in [0.4, 0.5) is 0 Å². The van der Waals surface area contributed by atoms with Crippen molar-refractivity contribution in [1.29, 1.82) is 0 Å². The van der Waals surface area contributed by atoms with Crippen LogP contribution in [0.5, 0.6) is 0 Å². The highest BCUT2D eigenvalue weighted by Gasteiger charge is 2.25. The van der Waals surface area contributed by atoms with E-state index in [-0.39, 0.29) is 0 Å². The van der Waals surface area contributed by atoms with Gasteiger partial charge in [0.2, 0.25) is 0 Å². The van der Waals surface area contributed by atoms with Crippen LogP contribution >= 0.6 is 78.1 Å². The average Bonchev–Trinajstić information content (AvgIpc) is 3.63. The number of rotatable bonds is 20. The molecule has 0 fully saturated rings. The third-order valence-electron chi connectivity index (χ3n) is 8.85. The van der Waals surface area contributed by atoms with Crippen molar-refractivity contribution in [3.05, 3.63) is 78.4 Å². The number of halogens is 2. The first kappa shape index (κ1) is 39.4. The van der Waals surface area contributed by atoms with Crippen LogP contribution < -0.4 is 0 Å². The Morgan fingerprint density at radius 3 is 1.34 bits per heavy atom. The van der Waals surface area contributed by atoms with E-state index < -0.39 is 11.9 Å². The molecule has 5 aromatic rings. The lowest BCUT2D eigenvalue weighted by Gasteiger charge is -2.09. The van der Waals surface area contributed by atoms with Gasteiger partial charge in [-0.15, -0.1) is 22.7 Å². The highest BCUT2D eigenvalue weighted by Crippen LogP contribution is 2.49. The Morgan fingerprint density at radius 2 is 0.960 bits per heavy atom. The molecule has 0 aliphatic carbocycles. The number of aromatic carboxylic acids is 2. The molecule has 0 amide bonds. The third kappa shape index (κ3) is 10.2. The van der Waals surface area contributed by atoms with Gasteiger partial charge < -0.3 is 10.2 Å². The highest BCUT2D eigenvalue weighted by molar-refractivity contribution is 9.10. The van der Waals surface area contributed by atoms with Crippen LogP contribution in [0, 0.1) is 0 Å². The number of carbonyl (C=O) groups is 2.